The van der Waals surface area contributed by atoms with Gasteiger partial charge in [-0.05, 0) is 31.8 Å². The van der Waals surface area contributed by atoms with Gasteiger partial charge in [0.2, 0.25) is 5.91 Å². The van der Waals surface area contributed by atoms with Gasteiger partial charge in [-0.2, -0.15) is 0 Å². The van der Waals surface area contributed by atoms with Crippen molar-refractivity contribution in [3.63, 3.8) is 0 Å². The summed E-state index contributed by atoms with van der Waals surface area (Å²) in [7, 11) is 3.47. The molecule has 1 saturated heterocycles. The number of nitrogens with one attached hydrogen (secondary N) is 1. The molecule has 0 radical (unpaired) electrons. The van der Waals surface area contributed by atoms with Crippen LogP contribution in [0.15, 0.2) is 0 Å². The minimum Gasteiger partial charge on any atom is -0.382 e. The fourth-order valence-corrected chi connectivity index (χ4v) is 1.97. The van der Waals surface area contributed by atoms with Crippen molar-refractivity contribution in [2.45, 2.75) is 12.8 Å². The Balaban J connectivity index is 2.12. The van der Waals surface area contributed by atoms with Crippen LogP contribution in [0.1, 0.15) is 12.8 Å². The molecule has 1 N–H and O–H groups in total. The van der Waals surface area contributed by atoms with Gasteiger partial charge in [-0.25, -0.2) is 0 Å². The summed E-state index contributed by atoms with van der Waals surface area (Å²) in [5.74, 6) is 0.684. The minimum atomic E-state index is 0.0552. The molecule has 100 valence electrons. The fraction of sp³-hybridized carbons (Fsp3) is 0.917. The largest absolute Gasteiger partial charge is 0.382 e. The molecule has 1 fully saturated rings. The number of carbonyl (C=O) groups excluding carboxylic acids is 1. The van der Waals surface area contributed by atoms with Crippen molar-refractivity contribution in [1.82, 2.24) is 10.2 Å². The van der Waals surface area contributed by atoms with Gasteiger partial charge in [0.15, 0.2) is 0 Å². The Morgan fingerprint density at radius 1 is 1.35 bits per heavy atom. The summed E-state index contributed by atoms with van der Waals surface area (Å²) >= 11 is 0. The summed E-state index contributed by atoms with van der Waals surface area (Å²) in [6.45, 7) is 4.14. The fourth-order valence-electron chi connectivity index (χ4n) is 1.97. The SMILES string of the molecule is COCCOCC(=O)N(C)CC1CCNCC1. The molecule has 17 heavy (non-hydrogen) atoms. The van der Waals surface area contributed by atoms with Gasteiger partial charge < -0.3 is 19.7 Å². The van der Waals surface area contributed by atoms with Crippen LogP contribution in [0.25, 0.3) is 0 Å². The highest BCUT2D eigenvalue weighted by Gasteiger charge is 2.17. The first-order chi connectivity index (χ1) is 8.24. The molecular weight excluding hydrogens is 220 g/mol. The molecule has 0 aromatic carbocycles. The number of piperidine rings is 1. The second-order valence-corrected chi connectivity index (χ2v) is 4.51. The zero-order chi connectivity index (χ0) is 12.5. The average molecular weight is 244 g/mol. The Labute approximate surface area is 103 Å². The van der Waals surface area contributed by atoms with Crippen LogP contribution in [0.4, 0.5) is 0 Å². The third-order valence-electron chi connectivity index (χ3n) is 3.07. The van der Waals surface area contributed by atoms with Crippen LogP contribution in [-0.2, 0) is 14.3 Å². The summed E-state index contributed by atoms with van der Waals surface area (Å²) in [4.78, 5) is 13.5. The van der Waals surface area contributed by atoms with E-state index in [1.54, 1.807) is 12.0 Å². The van der Waals surface area contributed by atoms with Crippen LogP contribution < -0.4 is 5.32 Å². The molecule has 0 atom stereocenters. The molecule has 5 heteroatoms. The van der Waals surface area contributed by atoms with Crippen LogP contribution in [0.5, 0.6) is 0 Å². The monoisotopic (exact) mass is 244 g/mol. The van der Waals surface area contributed by atoms with Gasteiger partial charge in [0.25, 0.3) is 0 Å². The lowest BCUT2D eigenvalue weighted by Gasteiger charge is -2.27. The molecule has 0 aromatic heterocycles. The van der Waals surface area contributed by atoms with Crippen molar-refractivity contribution >= 4 is 5.91 Å². The zero-order valence-corrected chi connectivity index (χ0v) is 10.9. The van der Waals surface area contributed by atoms with E-state index in [0.717, 1.165) is 32.5 Å². The molecule has 0 bridgehead atoms. The first kappa shape index (κ1) is 14.4. The van der Waals surface area contributed by atoms with Crippen molar-refractivity contribution in [3.05, 3.63) is 0 Å². The number of nitrogens with zero attached hydrogens (tertiary/aromatic N) is 1. The Morgan fingerprint density at radius 3 is 2.71 bits per heavy atom. The van der Waals surface area contributed by atoms with Gasteiger partial charge in [-0.1, -0.05) is 0 Å². The lowest BCUT2D eigenvalue weighted by molar-refractivity contribution is -0.135. The smallest absolute Gasteiger partial charge is 0.248 e. The van der Waals surface area contributed by atoms with Gasteiger partial charge in [-0.3, -0.25) is 4.79 Å². The summed E-state index contributed by atoms with van der Waals surface area (Å²) in [5, 5.41) is 3.32. The van der Waals surface area contributed by atoms with Crippen molar-refractivity contribution in [2.75, 3.05) is 53.6 Å². The number of hydrogen-bond acceptors (Lipinski definition) is 4. The first-order valence-corrected chi connectivity index (χ1v) is 6.25. The van der Waals surface area contributed by atoms with E-state index < -0.39 is 0 Å². The Hall–Kier alpha value is -0.650. The molecule has 1 aliphatic heterocycles. The average Bonchev–Trinajstić information content (AvgIpc) is 2.35. The summed E-state index contributed by atoms with van der Waals surface area (Å²) < 4.78 is 10.1. The van der Waals surface area contributed by atoms with Crippen molar-refractivity contribution in [1.29, 1.82) is 0 Å². The molecule has 0 saturated carbocycles. The molecule has 1 rings (SSSR count). The highest BCUT2D eigenvalue weighted by atomic mass is 16.5. The zero-order valence-electron chi connectivity index (χ0n) is 10.9. The van der Waals surface area contributed by atoms with Crippen LogP contribution in [0.3, 0.4) is 0 Å². The number of carbonyl (C=O) groups is 1. The summed E-state index contributed by atoms with van der Waals surface area (Å²) in [6.07, 6.45) is 2.31. The van der Waals surface area contributed by atoms with Crippen molar-refractivity contribution in [2.24, 2.45) is 5.92 Å². The van der Waals surface area contributed by atoms with Crippen molar-refractivity contribution < 1.29 is 14.3 Å². The van der Waals surface area contributed by atoms with Crippen LogP contribution in [0.2, 0.25) is 0 Å². The van der Waals surface area contributed by atoms with Gasteiger partial charge >= 0.3 is 0 Å². The molecule has 0 aromatic rings. The van der Waals surface area contributed by atoms with Gasteiger partial charge in [0.05, 0.1) is 13.2 Å². The third kappa shape index (κ3) is 6.00. The van der Waals surface area contributed by atoms with E-state index in [0.29, 0.717) is 19.1 Å². The number of hydrogen-bond donors (Lipinski definition) is 1. The summed E-state index contributed by atoms with van der Waals surface area (Å²) in [5.41, 5.74) is 0. The van der Waals surface area contributed by atoms with Crippen LogP contribution in [-0.4, -0.2) is 64.4 Å². The number of amides is 1. The predicted octanol–water partition coefficient (Wildman–Crippen LogP) is 0.107. The molecule has 0 unspecified atom stereocenters. The molecule has 0 aliphatic carbocycles. The second kappa shape index (κ2) is 8.44. The maximum atomic E-state index is 11.7. The molecule has 1 aliphatic rings. The van der Waals surface area contributed by atoms with Gasteiger partial charge in [0.1, 0.15) is 6.61 Å². The highest BCUT2D eigenvalue weighted by Crippen LogP contribution is 2.12. The number of rotatable bonds is 7. The van der Waals surface area contributed by atoms with E-state index >= 15 is 0 Å². The third-order valence-corrected chi connectivity index (χ3v) is 3.07. The van der Waals surface area contributed by atoms with E-state index in [9.17, 15) is 4.79 Å². The molecule has 1 heterocycles. The number of methoxy groups -OCH3 is 1. The maximum Gasteiger partial charge on any atom is 0.248 e. The number of likely N-dealkylation sites (N-methyl/N-ethyl adjacent to an activating group) is 1. The lowest BCUT2D eigenvalue weighted by atomic mass is 9.98. The van der Waals surface area contributed by atoms with E-state index in [4.69, 9.17) is 9.47 Å². The van der Waals surface area contributed by atoms with E-state index in [2.05, 4.69) is 5.32 Å². The minimum absolute atomic E-state index is 0.0552. The Bertz CT molecular complexity index is 218. The van der Waals surface area contributed by atoms with E-state index in [1.165, 1.54) is 0 Å². The van der Waals surface area contributed by atoms with E-state index in [1.807, 2.05) is 7.05 Å². The lowest BCUT2D eigenvalue weighted by Crippen LogP contribution is -2.38. The predicted molar refractivity (Wildman–Crippen MR) is 65.9 cm³/mol. The van der Waals surface area contributed by atoms with Gasteiger partial charge in [0, 0.05) is 20.7 Å². The molecule has 5 nitrogen and oxygen atoms in total. The highest BCUT2D eigenvalue weighted by molar-refractivity contribution is 5.77. The molecule has 0 spiro atoms. The second-order valence-electron chi connectivity index (χ2n) is 4.51. The quantitative estimate of drug-likeness (QED) is 0.646. The van der Waals surface area contributed by atoms with Crippen LogP contribution in [0, 0.1) is 5.92 Å². The van der Waals surface area contributed by atoms with Crippen LogP contribution >= 0.6 is 0 Å². The Morgan fingerprint density at radius 2 is 2.06 bits per heavy atom. The normalized spacial score (nSPS) is 17.1. The van der Waals surface area contributed by atoms with E-state index in [-0.39, 0.29) is 12.5 Å². The topological polar surface area (TPSA) is 50.8 Å². The maximum absolute atomic E-state index is 11.7. The Kier molecular flexibility index (Phi) is 7.16. The van der Waals surface area contributed by atoms with Gasteiger partial charge in [-0.15, -0.1) is 0 Å². The molecular formula is C12H24N2O3. The molecule has 1 amide bonds. The standard InChI is InChI=1S/C12H24N2O3/c1-14(9-11-3-5-13-6-4-11)12(15)10-17-8-7-16-2/h11,13H,3-10H2,1-2H3. The van der Waals surface area contributed by atoms with Crippen molar-refractivity contribution in [3.8, 4) is 0 Å². The first-order valence-electron chi connectivity index (χ1n) is 6.25. The summed E-state index contributed by atoms with van der Waals surface area (Å²) in [6, 6.07) is 0. The number of ether oxygens (including phenoxy) is 2.